The molecule has 26 heavy (non-hydrogen) atoms. The lowest BCUT2D eigenvalue weighted by Gasteiger charge is -2.31. The fourth-order valence-electron chi connectivity index (χ4n) is 3.47. The summed E-state index contributed by atoms with van der Waals surface area (Å²) in [6.45, 7) is 1.86. The van der Waals surface area contributed by atoms with Gasteiger partial charge in [0, 0.05) is 24.7 Å². The summed E-state index contributed by atoms with van der Waals surface area (Å²) in [4.78, 5) is 27.2. The molecule has 1 saturated heterocycles. The van der Waals surface area contributed by atoms with Crippen LogP contribution in [0.3, 0.4) is 0 Å². The Labute approximate surface area is 152 Å². The van der Waals surface area contributed by atoms with Gasteiger partial charge in [0.1, 0.15) is 6.54 Å². The number of hydrogen-bond donors (Lipinski definition) is 1. The third-order valence-corrected chi connectivity index (χ3v) is 5.05. The number of pyridine rings is 1. The fraction of sp³-hybridized carbons (Fsp3) is 0.474. The number of fused-ring (bicyclic) bond motifs is 1. The molecule has 0 spiro atoms. The third-order valence-electron chi connectivity index (χ3n) is 5.05. The second-order valence-electron chi connectivity index (χ2n) is 6.50. The van der Waals surface area contributed by atoms with Gasteiger partial charge in [0.25, 0.3) is 5.56 Å². The molecule has 0 radical (unpaired) electrons. The minimum absolute atomic E-state index is 0.0313. The van der Waals surface area contributed by atoms with E-state index in [0.717, 1.165) is 25.9 Å². The number of rotatable bonds is 5. The SMILES string of the molecule is COc1ccc2c(=O)n(CC(=O)N(C)C3CCNCC3)ccc2c1OC. The van der Waals surface area contributed by atoms with Crippen molar-refractivity contribution in [2.75, 3.05) is 34.4 Å². The lowest BCUT2D eigenvalue weighted by Crippen LogP contribution is -2.45. The fourth-order valence-corrected chi connectivity index (χ4v) is 3.47. The molecule has 1 fully saturated rings. The number of methoxy groups -OCH3 is 2. The largest absolute Gasteiger partial charge is 0.493 e. The Bertz CT molecular complexity index is 856. The normalized spacial score (nSPS) is 15.0. The van der Waals surface area contributed by atoms with Gasteiger partial charge in [-0.2, -0.15) is 0 Å². The molecule has 7 nitrogen and oxygen atoms in total. The van der Waals surface area contributed by atoms with E-state index in [1.165, 1.54) is 4.57 Å². The van der Waals surface area contributed by atoms with Crippen LogP contribution in [0.25, 0.3) is 10.8 Å². The van der Waals surface area contributed by atoms with Crippen molar-refractivity contribution in [2.45, 2.75) is 25.4 Å². The van der Waals surface area contributed by atoms with Crippen LogP contribution >= 0.6 is 0 Å². The number of aromatic nitrogens is 1. The third kappa shape index (κ3) is 3.39. The number of nitrogens with one attached hydrogen (secondary N) is 1. The summed E-state index contributed by atoms with van der Waals surface area (Å²) in [6.07, 6.45) is 3.51. The Morgan fingerprint density at radius 2 is 1.92 bits per heavy atom. The van der Waals surface area contributed by atoms with Crippen molar-refractivity contribution in [3.05, 3.63) is 34.7 Å². The lowest BCUT2D eigenvalue weighted by atomic mass is 10.1. The van der Waals surface area contributed by atoms with Crippen LogP contribution in [0.4, 0.5) is 0 Å². The van der Waals surface area contributed by atoms with Gasteiger partial charge in [-0.15, -0.1) is 0 Å². The van der Waals surface area contributed by atoms with Crippen LogP contribution in [-0.4, -0.2) is 55.8 Å². The van der Waals surface area contributed by atoms with E-state index in [4.69, 9.17) is 9.47 Å². The standard InChI is InChI=1S/C19H25N3O4/c1-21(13-6-9-20-10-7-13)17(23)12-22-11-8-14-15(19(22)24)4-5-16(25-2)18(14)26-3/h4-5,8,11,13,20H,6-7,9-10,12H2,1-3H3. The monoisotopic (exact) mass is 359 g/mol. The second kappa shape index (κ2) is 7.78. The van der Waals surface area contributed by atoms with Gasteiger partial charge in [-0.05, 0) is 44.1 Å². The molecule has 2 heterocycles. The number of nitrogens with zero attached hydrogens (tertiary/aromatic N) is 2. The van der Waals surface area contributed by atoms with E-state index >= 15 is 0 Å². The highest BCUT2D eigenvalue weighted by atomic mass is 16.5. The second-order valence-corrected chi connectivity index (χ2v) is 6.50. The van der Waals surface area contributed by atoms with Gasteiger partial charge >= 0.3 is 0 Å². The van der Waals surface area contributed by atoms with E-state index in [2.05, 4.69) is 5.32 Å². The average Bonchev–Trinajstić information content (AvgIpc) is 2.69. The van der Waals surface area contributed by atoms with Crippen LogP contribution in [0.2, 0.25) is 0 Å². The summed E-state index contributed by atoms with van der Waals surface area (Å²) in [5, 5.41) is 4.47. The van der Waals surface area contributed by atoms with E-state index in [1.54, 1.807) is 43.5 Å². The first-order chi connectivity index (χ1) is 12.6. The predicted molar refractivity (Wildman–Crippen MR) is 100.0 cm³/mol. The van der Waals surface area contributed by atoms with Crippen molar-refractivity contribution in [2.24, 2.45) is 0 Å². The van der Waals surface area contributed by atoms with Crippen molar-refractivity contribution >= 4 is 16.7 Å². The van der Waals surface area contributed by atoms with Crippen LogP contribution in [0.5, 0.6) is 11.5 Å². The molecule has 1 aromatic heterocycles. The number of amides is 1. The number of carbonyl (C=O) groups is 1. The van der Waals surface area contributed by atoms with Gasteiger partial charge in [0.15, 0.2) is 11.5 Å². The number of ether oxygens (including phenoxy) is 2. The zero-order chi connectivity index (χ0) is 18.7. The molecule has 1 aliphatic heterocycles. The van der Waals surface area contributed by atoms with E-state index < -0.39 is 0 Å². The van der Waals surface area contributed by atoms with Crippen molar-refractivity contribution in [3.8, 4) is 11.5 Å². The van der Waals surface area contributed by atoms with Crippen LogP contribution in [0.15, 0.2) is 29.2 Å². The Balaban J connectivity index is 1.88. The highest BCUT2D eigenvalue weighted by molar-refractivity contribution is 5.90. The van der Waals surface area contributed by atoms with E-state index in [0.29, 0.717) is 22.3 Å². The highest BCUT2D eigenvalue weighted by Gasteiger charge is 2.22. The molecule has 1 amide bonds. The molecule has 0 unspecified atom stereocenters. The van der Waals surface area contributed by atoms with Crippen molar-refractivity contribution < 1.29 is 14.3 Å². The molecule has 0 bridgehead atoms. The highest BCUT2D eigenvalue weighted by Crippen LogP contribution is 2.33. The summed E-state index contributed by atoms with van der Waals surface area (Å²) in [5.41, 5.74) is -0.212. The van der Waals surface area contributed by atoms with Crippen molar-refractivity contribution in [1.82, 2.24) is 14.8 Å². The summed E-state index contributed by atoms with van der Waals surface area (Å²) in [5.74, 6) is 1.03. The molecule has 3 rings (SSSR count). The molecule has 0 aliphatic carbocycles. The summed E-state index contributed by atoms with van der Waals surface area (Å²) in [7, 11) is 4.92. The quantitative estimate of drug-likeness (QED) is 0.869. The summed E-state index contributed by atoms with van der Waals surface area (Å²) >= 11 is 0. The maximum Gasteiger partial charge on any atom is 0.259 e. The zero-order valence-corrected chi connectivity index (χ0v) is 15.4. The van der Waals surface area contributed by atoms with Crippen LogP contribution in [-0.2, 0) is 11.3 Å². The molecule has 140 valence electrons. The van der Waals surface area contributed by atoms with Crippen LogP contribution in [0.1, 0.15) is 12.8 Å². The van der Waals surface area contributed by atoms with Gasteiger partial charge in [-0.3, -0.25) is 9.59 Å². The van der Waals surface area contributed by atoms with E-state index in [9.17, 15) is 9.59 Å². The molecule has 0 atom stereocenters. The topological polar surface area (TPSA) is 72.8 Å². The maximum absolute atomic E-state index is 12.8. The van der Waals surface area contributed by atoms with Gasteiger partial charge in [0.05, 0.1) is 19.6 Å². The number of carbonyl (C=O) groups excluding carboxylic acids is 1. The minimum atomic E-state index is -0.212. The molecule has 0 saturated carbocycles. The van der Waals surface area contributed by atoms with Gasteiger partial charge in [0.2, 0.25) is 5.91 Å². The summed E-state index contributed by atoms with van der Waals surface area (Å²) in [6, 6.07) is 5.42. The van der Waals surface area contributed by atoms with Crippen LogP contribution < -0.4 is 20.3 Å². The first kappa shape index (κ1) is 18.3. The number of piperidine rings is 1. The van der Waals surface area contributed by atoms with Gasteiger partial charge in [-0.25, -0.2) is 0 Å². The van der Waals surface area contributed by atoms with E-state index in [1.807, 2.05) is 7.05 Å². The van der Waals surface area contributed by atoms with E-state index in [-0.39, 0.29) is 24.1 Å². The average molecular weight is 359 g/mol. The molecule has 1 aliphatic rings. The van der Waals surface area contributed by atoms with Crippen molar-refractivity contribution in [1.29, 1.82) is 0 Å². The molecule has 1 N–H and O–H groups in total. The molecular weight excluding hydrogens is 334 g/mol. The van der Waals surface area contributed by atoms with Crippen molar-refractivity contribution in [3.63, 3.8) is 0 Å². The molecule has 1 aromatic carbocycles. The van der Waals surface area contributed by atoms with Gasteiger partial charge in [-0.1, -0.05) is 0 Å². The van der Waals surface area contributed by atoms with Crippen LogP contribution in [0, 0.1) is 0 Å². The summed E-state index contributed by atoms with van der Waals surface area (Å²) < 4.78 is 12.1. The number of benzene rings is 1. The Morgan fingerprint density at radius 1 is 1.19 bits per heavy atom. The lowest BCUT2D eigenvalue weighted by molar-refractivity contribution is -0.133. The predicted octanol–water partition coefficient (Wildman–Crippen LogP) is 1.23. The van der Waals surface area contributed by atoms with Gasteiger partial charge < -0.3 is 24.3 Å². The molecule has 7 heteroatoms. The Kier molecular flexibility index (Phi) is 5.46. The smallest absolute Gasteiger partial charge is 0.259 e. The number of hydrogen-bond acceptors (Lipinski definition) is 5. The zero-order valence-electron chi connectivity index (χ0n) is 15.4. The Morgan fingerprint density at radius 3 is 2.58 bits per heavy atom. The maximum atomic E-state index is 12.8. The molecular formula is C19H25N3O4. The first-order valence-electron chi connectivity index (χ1n) is 8.77. The first-order valence-corrected chi connectivity index (χ1v) is 8.77. The molecule has 2 aromatic rings. The Hall–Kier alpha value is -2.54. The minimum Gasteiger partial charge on any atom is -0.493 e. The number of likely N-dealkylation sites (N-methyl/N-ethyl adjacent to an activating group) is 1.